The van der Waals surface area contributed by atoms with Crippen LogP contribution in [0.15, 0.2) is 12.2 Å². The Morgan fingerprint density at radius 1 is 1.23 bits per heavy atom. The van der Waals surface area contributed by atoms with Crippen molar-refractivity contribution >= 4 is 5.97 Å². The number of hydrogen-bond acceptors (Lipinski definition) is 4. The Kier molecular flexibility index (Phi) is 4.11. The molecule has 1 saturated carbocycles. The van der Waals surface area contributed by atoms with Crippen molar-refractivity contribution in [1.82, 2.24) is 4.90 Å². The SMILES string of the molecule is CCOC(=O)[C@@]12CCC[C@]3(CCC=CC[C@]31O)CN(CC)C2. The molecule has 1 heterocycles. The van der Waals surface area contributed by atoms with Gasteiger partial charge in [-0.05, 0) is 45.6 Å². The van der Waals surface area contributed by atoms with Crippen molar-refractivity contribution < 1.29 is 14.6 Å². The van der Waals surface area contributed by atoms with E-state index in [0.29, 0.717) is 19.6 Å². The monoisotopic (exact) mass is 307 g/mol. The third-order valence-corrected chi connectivity index (χ3v) is 6.43. The minimum atomic E-state index is -0.955. The summed E-state index contributed by atoms with van der Waals surface area (Å²) in [6.45, 7) is 6.84. The highest BCUT2D eigenvalue weighted by atomic mass is 16.5. The van der Waals surface area contributed by atoms with Gasteiger partial charge in [0.05, 0.1) is 12.2 Å². The Labute approximate surface area is 133 Å². The van der Waals surface area contributed by atoms with Gasteiger partial charge in [0, 0.05) is 18.5 Å². The Balaban J connectivity index is 2.10. The number of likely N-dealkylation sites (tertiary alicyclic amines) is 1. The van der Waals surface area contributed by atoms with E-state index in [4.69, 9.17) is 4.74 Å². The van der Waals surface area contributed by atoms with Crippen LogP contribution in [0.5, 0.6) is 0 Å². The van der Waals surface area contributed by atoms with Gasteiger partial charge in [0.1, 0.15) is 5.41 Å². The molecule has 0 amide bonds. The van der Waals surface area contributed by atoms with Crippen LogP contribution in [-0.2, 0) is 9.53 Å². The quantitative estimate of drug-likeness (QED) is 0.643. The summed E-state index contributed by atoms with van der Waals surface area (Å²) in [5, 5.41) is 11.8. The number of piperidine rings is 1. The van der Waals surface area contributed by atoms with Crippen molar-refractivity contribution in [1.29, 1.82) is 0 Å². The molecule has 4 heteroatoms. The second kappa shape index (κ2) is 5.64. The lowest BCUT2D eigenvalue weighted by atomic mass is 9.47. The Hall–Kier alpha value is -0.870. The van der Waals surface area contributed by atoms with Crippen molar-refractivity contribution in [3.8, 4) is 0 Å². The Bertz CT molecular complexity index is 477. The number of carbonyl (C=O) groups excluding carboxylic acids is 1. The summed E-state index contributed by atoms with van der Waals surface area (Å²) >= 11 is 0. The zero-order valence-corrected chi connectivity index (χ0v) is 13.9. The lowest BCUT2D eigenvalue weighted by molar-refractivity contribution is -0.250. The largest absolute Gasteiger partial charge is 0.465 e. The van der Waals surface area contributed by atoms with Crippen LogP contribution in [-0.4, -0.2) is 47.8 Å². The summed E-state index contributed by atoms with van der Waals surface area (Å²) in [5.41, 5.74) is -1.89. The van der Waals surface area contributed by atoms with Crippen molar-refractivity contribution in [2.75, 3.05) is 26.2 Å². The maximum Gasteiger partial charge on any atom is 0.316 e. The average Bonchev–Trinajstić information content (AvgIpc) is 2.66. The Morgan fingerprint density at radius 3 is 2.77 bits per heavy atom. The van der Waals surface area contributed by atoms with Crippen molar-refractivity contribution in [2.24, 2.45) is 10.8 Å². The molecule has 1 aliphatic heterocycles. The Morgan fingerprint density at radius 2 is 2.05 bits per heavy atom. The molecule has 3 atom stereocenters. The van der Waals surface area contributed by atoms with Crippen LogP contribution in [0, 0.1) is 10.8 Å². The average molecular weight is 307 g/mol. The molecule has 2 bridgehead atoms. The van der Waals surface area contributed by atoms with Gasteiger partial charge in [-0.2, -0.15) is 0 Å². The van der Waals surface area contributed by atoms with Gasteiger partial charge in [-0.25, -0.2) is 0 Å². The van der Waals surface area contributed by atoms with Crippen molar-refractivity contribution in [3.05, 3.63) is 12.2 Å². The minimum Gasteiger partial charge on any atom is -0.465 e. The van der Waals surface area contributed by atoms with Gasteiger partial charge >= 0.3 is 5.97 Å². The number of carbonyl (C=O) groups is 1. The van der Waals surface area contributed by atoms with E-state index in [1.165, 1.54) is 0 Å². The maximum absolute atomic E-state index is 12.9. The van der Waals surface area contributed by atoms with Crippen LogP contribution >= 0.6 is 0 Å². The molecule has 0 radical (unpaired) electrons. The summed E-state index contributed by atoms with van der Waals surface area (Å²) in [6, 6.07) is 0. The van der Waals surface area contributed by atoms with E-state index in [0.717, 1.165) is 45.2 Å². The number of rotatable bonds is 3. The summed E-state index contributed by atoms with van der Waals surface area (Å²) in [6.07, 6.45) is 9.59. The highest BCUT2D eigenvalue weighted by Crippen LogP contribution is 2.62. The third-order valence-electron chi connectivity index (χ3n) is 6.43. The number of allylic oxidation sites excluding steroid dienone is 1. The smallest absolute Gasteiger partial charge is 0.316 e. The summed E-state index contributed by atoms with van der Waals surface area (Å²) in [7, 11) is 0. The first-order chi connectivity index (χ1) is 10.5. The maximum atomic E-state index is 12.9. The fraction of sp³-hybridized carbons (Fsp3) is 0.833. The van der Waals surface area contributed by atoms with E-state index >= 15 is 0 Å². The van der Waals surface area contributed by atoms with Crippen LogP contribution < -0.4 is 0 Å². The standard InChI is InChI=1S/C18H29NO3/c1-3-19-13-16-9-6-5-7-12-18(16,21)17(14-19,11-8-10-16)15(20)22-4-2/h5,7,21H,3-4,6,8-14H2,1-2H3/t16-,17+,18+/m1/s1. The molecular formula is C18H29NO3. The van der Waals surface area contributed by atoms with Gasteiger partial charge in [-0.3, -0.25) is 4.79 Å². The first-order valence-corrected chi connectivity index (χ1v) is 8.80. The van der Waals surface area contributed by atoms with Gasteiger partial charge in [0.2, 0.25) is 0 Å². The van der Waals surface area contributed by atoms with Crippen LogP contribution in [0.1, 0.15) is 52.4 Å². The molecule has 2 aliphatic carbocycles. The topological polar surface area (TPSA) is 49.8 Å². The predicted octanol–water partition coefficient (Wildman–Crippen LogP) is 2.51. The van der Waals surface area contributed by atoms with E-state index in [9.17, 15) is 9.90 Å². The fourth-order valence-corrected chi connectivity index (χ4v) is 5.32. The number of hydrogen-bond donors (Lipinski definition) is 1. The zero-order chi connectivity index (χ0) is 15.8. The molecule has 0 aromatic heterocycles. The summed E-state index contributed by atoms with van der Waals surface area (Å²) in [5.74, 6) is -0.185. The van der Waals surface area contributed by atoms with Crippen LogP contribution in [0.4, 0.5) is 0 Å². The third kappa shape index (κ3) is 2.00. The molecule has 0 aromatic carbocycles. The molecule has 1 saturated heterocycles. The van der Waals surface area contributed by atoms with E-state index < -0.39 is 11.0 Å². The zero-order valence-electron chi connectivity index (χ0n) is 13.9. The second-order valence-corrected chi connectivity index (χ2v) is 7.31. The molecule has 2 fully saturated rings. The highest BCUT2D eigenvalue weighted by Gasteiger charge is 2.70. The number of aliphatic hydroxyl groups is 1. The second-order valence-electron chi connectivity index (χ2n) is 7.31. The normalized spacial score (nSPS) is 41.6. The van der Waals surface area contributed by atoms with Crippen molar-refractivity contribution in [2.45, 2.75) is 58.0 Å². The first kappa shape index (κ1) is 16.0. The van der Waals surface area contributed by atoms with Crippen LogP contribution in [0.2, 0.25) is 0 Å². The summed E-state index contributed by atoms with van der Waals surface area (Å²) in [4.78, 5) is 15.3. The van der Waals surface area contributed by atoms with E-state index in [1.807, 2.05) is 6.92 Å². The van der Waals surface area contributed by atoms with Gasteiger partial charge in [0.15, 0.2) is 0 Å². The van der Waals surface area contributed by atoms with Gasteiger partial charge in [-0.1, -0.05) is 25.5 Å². The van der Waals surface area contributed by atoms with Crippen LogP contribution in [0.3, 0.4) is 0 Å². The molecule has 3 rings (SSSR count). The molecule has 0 unspecified atom stereocenters. The molecule has 0 aromatic rings. The molecule has 22 heavy (non-hydrogen) atoms. The van der Waals surface area contributed by atoms with E-state index in [2.05, 4.69) is 24.0 Å². The molecule has 124 valence electrons. The highest BCUT2D eigenvalue weighted by molar-refractivity contribution is 5.80. The number of nitrogens with zero attached hydrogens (tertiary/aromatic N) is 1. The number of esters is 1. The van der Waals surface area contributed by atoms with Gasteiger partial charge < -0.3 is 14.7 Å². The fourth-order valence-electron chi connectivity index (χ4n) is 5.32. The predicted molar refractivity (Wildman–Crippen MR) is 85.4 cm³/mol. The van der Waals surface area contributed by atoms with Gasteiger partial charge in [0.25, 0.3) is 0 Å². The lowest BCUT2D eigenvalue weighted by Gasteiger charge is -2.64. The van der Waals surface area contributed by atoms with Crippen LogP contribution in [0.25, 0.3) is 0 Å². The molecular weight excluding hydrogens is 278 g/mol. The summed E-state index contributed by atoms with van der Waals surface area (Å²) < 4.78 is 5.45. The lowest BCUT2D eigenvalue weighted by Crippen LogP contribution is -2.74. The number of ether oxygens (including phenoxy) is 1. The first-order valence-electron chi connectivity index (χ1n) is 8.80. The molecule has 3 aliphatic rings. The minimum absolute atomic E-state index is 0.171. The molecule has 4 nitrogen and oxygen atoms in total. The van der Waals surface area contributed by atoms with E-state index in [-0.39, 0.29) is 11.4 Å². The molecule has 1 N–H and O–H groups in total. The van der Waals surface area contributed by atoms with Gasteiger partial charge in [-0.15, -0.1) is 0 Å². The van der Waals surface area contributed by atoms with Crippen molar-refractivity contribution in [3.63, 3.8) is 0 Å². The van der Waals surface area contributed by atoms with E-state index in [1.54, 1.807) is 0 Å². The molecule has 0 spiro atoms.